The van der Waals surface area contributed by atoms with Crippen molar-refractivity contribution in [1.82, 2.24) is 9.78 Å². The maximum atomic E-state index is 11.8. The quantitative estimate of drug-likeness (QED) is 0.522. The zero-order valence-electron chi connectivity index (χ0n) is 18.1. The van der Waals surface area contributed by atoms with Crippen LogP contribution in [0.3, 0.4) is 0 Å². The molecule has 0 radical (unpaired) electrons. The molecule has 0 spiro atoms. The maximum absolute atomic E-state index is 11.8. The van der Waals surface area contributed by atoms with E-state index in [1.54, 1.807) is 28.1 Å². The third-order valence-corrected chi connectivity index (χ3v) is 5.14. The van der Waals surface area contributed by atoms with E-state index >= 15 is 0 Å². The highest BCUT2D eigenvalue weighted by Gasteiger charge is 2.25. The Bertz CT molecular complexity index is 1020. The molecule has 0 saturated carbocycles. The highest BCUT2D eigenvalue weighted by molar-refractivity contribution is 5.83. The summed E-state index contributed by atoms with van der Waals surface area (Å²) in [5.74, 6) is 1.55. The van der Waals surface area contributed by atoms with Gasteiger partial charge in [-0.3, -0.25) is 9.48 Å². The predicted octanol–water partition coefficient (Wildman–Crippen LogP) is 4.50. The number of carbonyl (C=O) groups is 1. The van der Waals surface area contributed by atoms with E-state index in [0.717, 1.165) is 34.0 Å². The summed E-state index contributed by atoms with van der Waals surface area (Å²) in [5.41, 5.74) is 2.82. The summed E-state index contributed by atoms with van der Waals surface area (Å²) in [6, 6.07) is 17.7. The van der Waals surface area contributed by atoms with E-state index in [1.165, 1.54) is 6.92 Å². The van der Waals surface area contributed by atoms with Crippen molar-refractivity contribution in [2.45, 2.75) is 39.5 Å². The number of ketones is 1. The van der Waals surface area contributed by atoms with Crippen LogP contribution < -0.4 is 9.47 Å². The number of ether oxygens (including phenoxy) is 3. The van der Waals surface area contributed by atoms with Crippen LogP contribution in [-0.4, -0.2) is 35.4 Å². The zero-order valence-corrected chi connectivity index (χ0v) is 18.1. The van der Waals surface area contributed by atoms with Crippen LogP contribution >= 0.6 is 0 Å². The van der Waals surface area contributed by atoms with Gasteiger partial charge in [-0.2, -0.15) is 5.10 Å². The van der Waals surface area contributed by atoms with Gasteiger partial charge in [0.1, 0.15) is 17.1 Å². The minimum absolute atomic E-state index is 0.0241. The van der Waals surface area contributed by atoms with E-state index in [9.17, 15) is 4.79 Å². The SMILES string of the molecule is COc1cccc(-c2cc(COC(C)(C)C(C)=O)nn2Cc2ccccc2OC)c1. The fourth-order valence-corrected chi connectivity index (χ4v) is 3.03. The monoisotopic (exact) mass is 408 g/mol. The topological polar surface area (TPSA) is 62.6 Å². The lowest BCUT2D eigenvalue weighted by Gasteiger charge is -2.21. The molecule has 0 saturated heterocycles. The number of nitrogens with zero attached hydrogens (tertiary/aromatic N) is 2. The van der Waals surface area contributed by atoms with Gasteiger partial charge in [0, 0.05) is 11.1 Å². The summed E-state index contributed by atoms with van der Waals surface area (Å²) in [5, 5.41) is 4.76. The fraction of sp³-hybridized carbons (Fsp3) is 0.333. The number of benzene rings is 2. The summed E-state index contributed by atoms with van der Waals surface area (Å²) >= 11 is 0. The third kappa shape index (κ3) is 4.89. The molecule has 0 aliphatic heterocycles. The van der Waals surface area contributed by atoms with E-state index in [2.05, 4.69) is 0 Å². The van der Waals surface area contributed by atoms with E-state index < -0.39 is 5.60 Å². The van der Waals surface area contributed by atoms with Crippen molar-refractivity contribution in [3.8, 4) is 22.8 Å². The molecular weight excluding hydrogens is 380 g/mol. The Morgan fingerprint density at radius 2 is 1.80 bits per heavy atom. The highest BCUT2D eigenvalue weighted by atomic mass is 16.5. The van der Waals surface area contributed by atoms with Crippen LogP contribution in [0.25, 0.3) is 11.3 Å². The van der Waals surface area contributed by atoms with Crippen LogP contribution in [0.5, 0.6) is 11.5 Å². The van der Waals surface area contributed by atoms with Crippen molar-refractivity contribution in [1.29, 1.82) is 0 Å². The molecule has 2 aromatic carbocycles. The second kappa shape index (κ2) is 9.13. The molecular formula is C24H28N2O4. The molecule has 0 atom stereocenters. The average molecular weight is 408 g/mol. The maximum Gasteiger partial charge on any atom is 0.161 e. The minimum Gasteiger partial charge on any atom is -0.497 e. The van der Waals surface area contributed by atoms with Crippen molar-refractivity contribution in [3.63, 3.8) is 0 Å². The van der Waals surface area contributed by atoms with Crippen LogP contribution in [0, 0.1) is 0 Å². The first-order chi connectivity index (χ1) is 14.3. The van der Waals surface area contributed by atoms with Gasteiger partial charge in [-0.15, -0.1) is 0 Å². The zero-order chi connectivity index (χ0) is 21.7. The Kier molecular flexibility index (Phi) is 6.57. The van der Waals surface area contributed by atoms with Gasteiger partial charge >= 0.3 is 0 Å². The second-order valence-corrected chi connectivity index (χ2v) is 7.58. The van der Waals surface area contributed by atoms with Gasteiger partial charge in [0.15, 0.2) is 5.78 Å². The normalized spacial score (nSPS) is 11.4. The van der Waals surface area contributed by atoms with Gasteiger partial charge in [-0.1, -0.05) is 30.3 Å². The molecule has 6 heteroatoms. The lowest BCUT2D eigenvalue weighted by atomic mass is 10.1. The summed E-state index contributed by atoms with van der Waals surface area (Å²) in [7, 11) is 3.31. The Morgan fingerprint density at radius 3 is 2.50 bits per heavy atom. The molecule has 0 amide bonds. The first-order valence-corrected chi connectivity index (χ1v) is 9.82. The Balaban J connectivity index is 1.98. The highest BCUT2D eigenvalue weighted by Crippen LogP contribution is 2.28. The number of rotatable bonds is 9. The van der Waals surface area contributed by atoms with Gasteiger partial charge in [0.25, 0.3) is 0 Å². The molecule has 3 rings (SSSR count). The summed E-state index contributed by atoms with van der Waals surface area (Å²) < 4.78 is 18.7. The molecule has 1 aromatic heterocycles. The molecule has 0 aliphatic rings. The minimum atomic E-state index is -0.859. The van der Waals surface area contributed by atoms with Crippen LogP contribution in [0.1, 0.15) is 32.0 Å². The average Bonchev–Trinajstić information content (AvgIpc) is 3.15. The van der Waals surface area contributed by atoms with Crippen LogP contribution in [0.2, 0.25) is 0 Å². The summed E-state index contributed by atoms with van der Waals surface area (Å²) in [6.45, 7) is 5.84. The molecule has 0 unspecified atom stereocenters. The molecule has 158 valence electrons. The van der Waals surface area contributed by atoms with Crippen LogP contribution in [-0.2, 0) is 22.7 Å². The van der Waals surface area contributed by atoms with Gasteiger partial charge in [0.05, 0.1) is 38.8 Å². The standard InChI is InChI=1S/C24H28N2O4/c1-17(27)24(2,3)30-16-20-14-22(18-10-8-11-21(13-18)28-4)26(25-20)15-19-9-6-7-12-23(19)29-5/h6-14H,15-16H2,1-5H3. The van der Waals surface area contributed by atoms with Crippen LogP contribution in [0.4, 0.5) is 0 Å². The second-order valence-electron chi connectivity index (χ2n) is 7.58. The number of para-hydroxylation sites is 1. The molecule has 3 aromatic rings. The first kappa shape index (κ1) is 21.6. The van der Waals surface area contributed by atoms with Crippen molar-refractivity contribution >= 4 is 5.78 Å². The molecule has 0 bridgehead atoms. The van der Waals surface area contributed by atoms with E-state index in [1.807, 2.05) is 59.3 Å². The predicted molar refractivity (Wildman–Crippen MR) is 116 cm³/mol. The number of hydrogen-bond donors (Lipinski definition) is 0. The lowest BCUT2D eigenvalue weighted by molar-refractivity contribution is -0.139. The van der Waals surface area contributed by atoms with E-state index in [0.29, 0.717) is 6.54 Å². The van der Waals surface area contributed by atoms with Crippen LogP contribution in [0.15, 0.2) is 54.6 Å². The number of hydrogen-bond acceptors (Lipinski definition) is 5. The molecule has 30 heavy (non-hydrogen) atoms. The fourth-order valence-electron chi connectivity index (χ4n) is 3.03. The Labute approximate surface area is 177 Å². The summed E-state index contributed by atoms with van der Waals surface area (Å²) in [4.78, 5) is 11.8. The van der Waals surface area contributed by atoms with Crippen molar-refractivity contribution in [2.75, 3.05) is 14.2 Å². The smallest absolute Gasteiger partial charge is 0.161 e. The number of methoxy groups -OCH3 is 2. The molecule has 0 aliphatic carbocycles. The molecule has 1 heterocycles. The van der Waals surface area contributed by atoms with Gasteiger partial charge in [-0.25, -0.2) is 0 Å². The van der Waals surface area contributed by atoms with Gasteiger partial charge in [0.2, 0.25) is 0 Å². The number of Topliss-reactive ketones (excluding diaryl/α,β-unsaturated/α-hetero) is 1. The third-order valence-electron chi connectivity index (χ3n) is 5.14. The molecule has 0 fully saturated rings. The summed E-state index contributed by atoms with van der Waals surface area (Å²) in [6.07, 6.45) is 0. The van der Waals surface area contributed by atoms with E-state index in [-0.39, 0.29) is 12.4 Å². The van der Waals surface area contributed by atoms with E-state index in [4.69, 9.17) is 19.3 Å². The van der Waals surface area contributed by atoms with Crippen molar-refractivity contribution in [3.05, 3.63) is 65.9 Å². The number of carbonyl (C=O) groups excluding carboxylic acids is 1. The number of aromatic nitrogens is 2. The van der Waals surface area contributed by atoms with Gasteiger partial charge in [-0.05, 0) is 45.0 Å². The Morgan fingerprint density at radius 1 is 1.03 bits per heavy atom. The largest absolute Gasteiger partial charge is 0.497 e. The lowest BCUT2D eigenvalue weighted by Crippen LogP contribution is -2.32. The van der Waals surface area contributed by atoms with Crippen molar-refractivity contribution in [2.24, 2.45) is 0 Å². The first-order valence-electron chi connectivity index (χ1n) is 9.82. The van der Waals surface area contributed by atoms with Gasteiger partial charge < -0.3 is 14.2 Å². The molecule has 6 nitrogen and oxygen atoms in total. The molecule has 0 N–H and O–H groups in total. The van der Waals surface area contributed by atoms with Crippen molar-refractivity contribution < 1.29 is 19.0 Å². The Hall–Kier alpha value is -3.12.